The predicted octanol–water partition coefficient (Wildman–Crippen LogP) is 1.69. The lowest BCUT2D eigenvalue weighted by Crippen LogP contribution is -2.52. The molecule has 4 rings (SSSR count). The van der Waals surface area contributed by atoms with Crippen LogP contribution < -0.4 is 15.5 Å². The van der Waals surface area contributed by atoms with Crippen LogP contribution in [-0.4, -0.2) is 46.6 Å². The Morgan fingerprint density at radius 1 is 1.34 bits per heavy atom. The first-order valence-electron chi connectivity index (χ1n) is 10.2. The SMILES string of the molecule is CCN1CC2(C)CC(O)c3c(C(=O)NCc4ccc(F)cc4F)c(=O)c(OC)c(n32)C1=O. The van der Waals surface area contributed by atoms with Crippen LogP contribution in [0, 0.1) is 11.6 Å². The summed E-state index contributed by atoms with van der Waals surface area (Å²) in [6.45, 7) is 4.05. The first kappa shape index (κ1) is 21.9. The molecule has 0 saturated carbocycles. The average molecular weight is 447 g/mol. The zero-order chi connectivity index (χ0) is 23.4. The van der Waals surface area contributed by atoms with Gasteiger partial charge in [0.05, 0.1) is 24.4 Å². The fourth-order valence-corrected chi connectivity index (χ4v) is 4.71. The van der Waals surface area contributed by atoms with E-state index in [9.17, 15) is 28.3 Å². The van der Waals surface area contributed by atoms with Crippen molar-refractivity contribution in [3.8, 4) is 5.75 Å². The molecule has 1 aromatic heterocycles. The van der Waals surface area contributed by atoms with Gasteiger partial charge in [-0.05, 0) is 19.9 Å². The molecule has 2 amide bonds. The number of pyridine rings is 1. The molecule has 2 unspecified atom stereocenters. The summed E-state index contributed by atoms with van der Waals surface area (Å²) >= 11 is 0. The predicted molar refractivity (Wildman–Crippen MR) is 110 cm³/mol. The summed E-state index contributed by atoms with van der Waals surface area (Å²) in [6, 6.07) is 2.94. The Morgan fingerprint density at radius 3 is 2.69 bits per heavy atom. The Labute approximate surface area is 182 Å². The molecule has 0 saturated heterocycles. The quantitative estimate of drug-likeness (QED) is 0.727. The minimum Gasteiger partial charge on any atom is -0.491 e. The van der Waals surface area contributed by atoms with Gasteiger partial charge in [0.1, 0.15) is 17.2 Å². The Bertz CT molecular complexity index is 1200. The van der Waals surface area contributed by atoms with E-state index in [2.05, 4.69) is 5.32 Å². The molecule has 10 heteroatoms. The maximum Gasteiger partial charge on any atom is 0.274 e. The van der Waals surface area contributed by atoms with Gasteiger partial charge in [0, 0.05) is 37.7 Å². The van der Waals surface area contributed by atoms with E-state index >= 15 is 0 Å². The number of nitrogens with zero attached hydrogens (tertiary/aromatic N) is 2. The van der Waals surface area contributed by atoms with Crippen molar-refractivity contribution in [1.29, 1.82) is 0 Å². The Hall–Kier alpha value is -3.27. The largest absolute Gasteiger partial charge is 0.491 e. The molecular formula is C22H23F2N3O5. The molecule has 2 N–H and O–H groups in total. The Kier molecular flexibility index (Phi) is 5.28. The number of methoxy groups -OCH3 is 1. The van der Waals surface area contributed by atoms with Gasteiger partial charge in [-0.15, -0.1) is 0 Å². The minimum atomic E-state index is -1.16. The number of hydrogen-bond donors (Lipinski definition) is 2. The van der Waals surface area contributed by atoms with Crippen LogP contribution >= 0.6 is 0 Å². The van der Waals surface area contributed by atoms with Gasteiger partial charge in [-0.1, -0.05) is 6.07 Å². The van der Waals surface area contributed by atoms with E-state index in [1.165, 1.54) is 13.2 Å². The highest BCUT2D eigenvalue weighted by Crippen LogP contribution is 2.45. The van der Waals surface area contributed by atoms with Crippen molar-refractivity contribution in [2.24, 2.45) is 0 Å². The molecule has 0 fully saturated rings. The number of carbonyl (C=O) groups excluding carboxylic acids is 2. The van der Waals surface area contributed by atoms with Crippen molar-refractivity contribution in [3.05, 3.63) is 62.6 Å². The van der Waals surface area contributed by atoms with Crippen LogP contribution in [0.3, 0.4) is 0 Å². The van der Waals surface area contributed by atoms with E-state index in [4.69, 9.17) is 4.74 Å². The minimum absolute atomic E-state index is 0.000721. The summed E-state index contributed by atoms with van der Waals surface area (Å²) in [7, 11) is 1.23. The standard InChI is InChI=1S/C22H23F2N3O5/c1-4-26-10-22(2)8-14(28)16-15(18(29)19(32-3)17(21(26)31)27(16)22)20(30)25-9-11-5-6-12(23)7-13(11)24/h5-7,14,28H,4,8-10H2,1-3H3,(H,25,30). The molecule has 2 aromatic rings. The fourth-order valence-electron chi connectivity index (χ4n) is 4.71. The number of likely N-dealkylation sites (N-methyl/N-ethyl adjacent to an activating group) is 1. The zero-order valence-corrected chi connectivity index (χ0v) is 17.9. The second-order valence-electron chi connectivity index (χ2n) is 8.26. The molecule has 2 aliphatic rings. The van der Waals surface area contributed by atoms with E-state index in [1.807, 2.05) is 13.8 Å². The van der Waals surface area contributed by atoms with E-state index in [-0.39, 0.29) is 41.2 Å². The van der Waals surface area contributed by atoms with Crippen molar-refractivity contribution in [2.45, 2.75) is 38.5 Å². The van der Waals surface area contributed by atoms with Crippen LogP contribution in [0.25, 0.3) is 0 Å². The van der Waals surface area contributed by atoms with Gasteiger partial charge >= 0.3 is 0 Å². The van der Waals surface area contributed by atoms with Gasteiger partial charge in [0.2, 0.25) is 5.43 Å². The number of nitrogens with one attached hydrogen (secondary N) is 1. The van der Waals surface area contributed by atoms with Crippen molar-refractivity contribution >= 4 is 11.8 Å². The topological polar surface area (TPSA) is 101 Å². The van der Waals surface area contributed by atoms with E-state index in [0.29, 0.717) is 19.2 Å². The number of rotatable bonds is 5. The maximum absolute atomic E-state index is 13.9. The molecule has 0 spiro atoms. The number of benzene rings is 1. The molecule has 2 atom stereocenters. The third-order valence-electron chi connectivity index (χ3n) is 6.15. The number of amides is 2. The van der Waals surface area contributed by atoms with Crippen LogP contribution in [0.15, 0.2) is 23.0 Å². The first-order valence-corrected chi connectivity index (χ1v) is 10.2. The first-order chi connectivity index (χ1) is 15.1. The monoisotopic (exact) mass is 447 g/mol. The second-order valence-corrected chi connectivity index (χ2v) is 8.26. The molecule has 32 heavy (non-hydrogen) atoms. The van der Waals surface area contributed by atoms with Gasteiger partial charge in [-0.3, -0.25) is 14.4 Å². The normalized spacial score (nSPS) is 21.5. The van der Waals surface area contributed by atoms with Gasteiger partial charge in [-0.2, -0.15) is 0 Å². The third-order valence-corrected chi connectivity index (χ3v) is 6.15. The van der Waals surface area contributed by atoms with E-state index in [1.54, 1.807) is 9.47 Å². The highest BCUT2D eigenvalue weighted by molar-refractivity contribution is 6.00. The lowest BCUT2D eigenvalue weighted by Gasteiger charge is -2.41. The van der Waals surface area contributed by atoms with Gasteiger partial charge in [0.15, 0.2) is 11.4 Å². The third kappa shape index (κ3) is 3.17. The number of ether oxygens (including phenoxy) is 1. The number of aliphatic hydroxyl groups excluding tert-OH is 1. The number of halogens is 2. The van der Waals surface area contributed by atoms with Crippen LogP contribution in [-0.2, 0) is 12.1 Å². The average Bonchev–Trinajstić information content (AvgIpc) is 3.00. The molecule has 0 bridgehead atoms. The van der Waals surface area contributed by atoms with Gasteiger partial charge in [0.25, 0.3) is 11.8 Å². The zero-order valence-electron chi connectivity index (χ0n) is 17.9. The van der Waals surface area contributed by atoms with Crippen molar-refractivity contribution in [3.63, 3.8) is 0 Å². The smallest absolute Gasteiger partial charge is 0.274 e. The lowest BCUT2D eigenvalue weighted by molar-refractivity contribution is 0.0559. The van der Waals surface area contributed by atoms with Crippen LogP contribution in [0.4, 0.5) is 8.78 Å². The number of aromatic nitrogens is 1. The highest BCUT2D eigenvalue weighted by Gasteiger charge is 2.50. The van der Waals surface area contributed by atoms with Crippen LogP contribution in [0.2, 0.25) is 0 Å². The molecule has 0 aliphatic carbocycles. The molecule has 0 radical (unpaired) electrons. The van der Waals surface area contributed by atoms with E-state index < -0.39 is 40.5 Å². The van der Waals surface area contributed by atoms with Crippen molar-refractivity contribution in [1.82, 2.24) is 14.8 Å². The summed E-state index contributed by atoms with van der Waals surface area (Å²) in [4.78, 5) is 40.9. The molecule has 170 valence electrons. The Morgan fingerprint density at radius 2 is 2.06 bits per heavy atom. The molecular weight excluding hydrogens is 424 g/mol. The fraction of sp³-hybridized carbons (Fsp3) is 0.409. The molecule has 3 heterocycles. The number of aliphatic hydroxyl groups is 1. The molecule has 2 aliphatic heterocycles. The highest BCUT2D eigenvalue weighted by atomic mass is 19.1. The summed E-state index contributed by atoms with van der Waals surface area (Å²) in [5, 5.41) is 13.3. The van der Waals surface area contributed by atoms with Gasteiger partial charge < -0.3 is 24.6 Å². The summed E-state index contributed by atoms with van der Waals surface area (Å²) in [5.41, 5.74) is -1.87. The molecule has 1 aromatic carbocycles. The summed E-state index contributed by atoms with van der Waals surface area (Å²) in [6.07, 6.45) is -0.964. The maximum atomic E-state index is 13.9. The van der Waals surface area contributed by atoms with Crippen LogP contribution in [0.5, 0.6) is 5.75 Å². The van der Waals surface area contributed by atoms with Crippen molar-refractivity contribution < 1.29 is 28.2 Å². The number of carbonyl (C=O) groups is 2. The number of hydrogen-bond acceptors (Lipinski definition) is 5. The van der Waals surface area contributed by atoms with Crippen molar-refractivity contribution in [2.75, 3.05) is 20.2 Å². The second kappa shape index (κ2) is 7.70. The Balaban J connectivity index is 1.83. The summed E-state index contributed by atoms with van der Waals surface area (Å²) < 4.78 is 33.9. The van der Waals surface area contributed by atoms with Gasteiger partial charge in [-0.25, -0.2) is 8.78 Å². The lowest BCUT2D eigenvalue weighted by atomic mass is 9.94. The summed E-state index contributed by atoms with van der Waals surface area (Å²) in [5.74, 6) is -3.15. The molecule has 8 nitrogen and oxygen atoms in total. The van der Waals surface area contributed by atoms with E-state index in [0.717, 1.165) is 6.07 Å². The van der Waals surface area contributed by atoms with Crippen LogP contribution in [0.1, 0.15) is 58.5 Å².